The third-order valence-corrected chi connectivity index (χ3v) is 4.64. The summed E-state index contributed by atoms with van der Waals surface area (Å²) < 4.78 is 4.81. The summed E-state index contributed by atoms with van der Waals surface area (Å²) in [5.74, 6) is -0.155. The van der Waals surface area contributed by atoms with E-state index in [1.807, 2.05) is 23.6 Å². The van der Waals surface area contributed by atoms with Gasteiger partial charge in [-0.25, -0.2) is 14.8 Å². The van der Waals surface area contributed by atoms with Gasteiger partial charge in [0, 0.05) is 34.9 Å². The minimum Gasteiger partial charge on any atom is -0.465 e. The normalized spacial score (nSPS) is 10.9. The smallest absolute Gasteiger partial charge is 0.340 e. The quantitative estimate of drug-likeness (QED) is 0.549. The van der Waals surface area contributed by atoms with Crippen LogP contribution in [-0.4, -0.2) is 33.0 Å². The van der Waals surface area contributed by atoms with Crippen LogP contribution in [0.4, 0.5) is 5.82 Å². The predicted molar refractivity (Wildman–Crippen MR) is 96.2 cm³/mol. The fourth-order valence-electron chi connectivity index (χ4n) is 2.62. The summed E-state index contributed by atoms with van der Waals surface area (Å²) >= 11 is 1.56. The predicted octanol–water partition coefficient (Wildman–Crippen LogP) is 3.12. The van der Waals surface area contributed by atoms with Gasteiger partial charge in [0.15, 0.2) is 0 Å². The van der Waals surface area contributed by atoms with Crippen molar-refractivity contribution in [2.45, 2.75) is 0 Å². The molecule has 4 aromatic heterocycles. The first-order valence-corrected chi connectivity index (χ1v) is 8.27. The highest BCUT2D eigenvalue weighted by molar-refractivity contribution is 7.13. The Morgan fingerprint density at radius 3 is 2.88 bits per heavy atom. The number of nitrogens with zero attached hydrogens (tertiary/aromatic N) is 3. The molecule has 0 aliphatic rings. The number of carbonyl (C=O) groups is 1. The van der Waals surface area contributed by atoms with Crippen LogP contribution in [0.1, 0.15) is 10.4 Å². The SMILES string of the molecule is COC(=O)c1cnc(N)c2[nH]c(-c3cc(-c4nccs4)ccn3)cc12. The van der Waals surface area contributed by atoms with Crippen molar-refractivity contribution in [3.8, 4) is 22.0 Å². The van der Waals surface area contributed by atoms with Gasteiger partial charge in [0.05, 0.1) is 29.6 Å². The maximum absolute atomic E-state index is 12.0. The highest BCUT2D eigenvalue weighted by atomic mass is 32.1. The first kappa shape index (κ1) is 15.3. The molecule has 3 N–H and O–H groups in total. The van der Waals surface area contributed by atoms with Gasteiger partial charge in [-0.15, -0.1) is 11.3 Å². The number of nitrogen functional groups attached to an aromatic ring is 1. The largest absolute Gasteiger partial charge is 0.465 e. The van der Waals surface area contributed by atoms with Crippen LogP contribution in [0, 0.1) is 0 Å². The molecule has 0 radical (unpaired) electrons. The standard InChI is InChI=1S/C17H13N5O2S/c1-24-17(23)11-8-21-15(18)14-10(11)7-13(22-14)12-6-9(2-3-19-12)16-20-4-5-25-16/h2-8,22H,1H3,(H2,18,21). The maximum Gasteiger partial charge on any atom is 0.340 e. The van der Waals surface area contributed by atoms with E-state index >= 15 is 0 Å². The summed E-state index contributed by atoms with van der Waals surface area (Å²) in [6, 6.07) is 5.67. The Labute approximate surface area is 146 Å². The lowest BCUT2D eigenvalue weighted by atomic mass is 10.1. The average molecular weight is 351 g/mol. The molecule has 0 spiro atoms. The Kier molecular flexibility index (Phi) is 3.66. The van der Waals surface area contributed by atoms with E-state index in [1.165, 1.54) is 13.3 Å². The number of rotatable bonds is 3. The molecule has 0 saturated carbocycles. The van der Waals surface area contributed by atoms with E-state index in [0.717, 1.165) is 22.0 Å². The maximum atomic E-state index is 12.0. The number of thiazole rings is 1. The van der Waals surface area contributed by atoms with Gasteiger partial charge in [-0.3, -0.25) is 4.98 Å². The first-order valence-electron chi connectivity index (χ1n) is 7.39. The molecule has 0 aliphatic heterocycles. The zero-order chi connectivity index (χ0) is 17.4. The summed E-state index contributed by atoms with van der Waals surface area (Å²) in [6.07, 6.45) is 4.90. The number of pyridine rings is 2. The third kappa shape index (κ3) is 2.62. The number of hydrogen-bond acceptors (Lipinski definition) is 7. The van der Waals surface area contributed by atoms with Crippen molar-refractivity contribution in [2.75, 3.05) is 12.8 Å². The number of esters is 1. The molecular weight excluding hydrogens is 338 g/mol. The number of hydrogen-bond donors (Lipinski definition) is 2. The average Bonchev–Trinajstić information content (AvgIpc) is 3.32. The zero-order valence-corrected chi connectivity index (χ0v) is 14.0. The molecule has 0 aromatic carbocycles. The molecule has 0 saturated heterocycles. The van der Waals surface area contributed by atoms with Crippen molar-refractivity contribution in [3.63, 3.8) is 0 Å². The molecule has 124 valence electrons. The van der Waals surface area contributed by atoms with Gasteiger partial charge in [0.25, 0.3) is 0 Å². The number of H-pyrrole nitrogens is 1. The second kappa shape index (κ2) is 5.99. The molecule has 4 aromatic rings. The van der Waals surface area contributed by atoms with Gasteiger partial charge >= 0.3 is 5.97 Å². The van der Waals surface area contributed by atoms with Gasteiger partial charge in [0.1, 0.15) is 10.8 Å². The van der Waals surface area contributed by atoms with Crippen LogP contribution < -0.4 is 5.73 Å². The molecule has 8 heteroatoms. The molecule has 0 unspecified atom stereocenters. The van der Waals surface area contributed by atoms with Crippen LogP contribution in [0.5, 0.6) is 0 Å². The molecule has 4 rings (SSSR count). The highest BCUT2D eigenvalue weighted by Crippen LogP contribution is 2.30. The molecule has 0 amide bonds. The number of methoxy groups -OCH3 is 1. The van der Waals surface area contributed by atoms with Gasteiger partial charge in [-0.05, 0) is 18.2 Å². The van der Waals surface area contributed by atoms with Gasteiger partial charge in [-0.1, -0.05) is 0 Å². The molecular formula is C17H13N5O2S. The molecule has 0 fully saturated rings. The molecule has 4 heterocycles. The number of nitrogens with one attached hydrogen (secondary N) is 1. The van der Waals surface area contributed by atoms with E-state index < -0.39 is 5.97 Å². The molecule has 7 nitrogen and oxygen atoms in total. The summed E-state index contributed by atoms with van der Waals surface area (Å²) in [6.45, 7) is 0. The van der Waals surface area contributed by atoms with Crippen LogP contribution >= 0.6 is 11.3 Å². The molecule has 0 atom stereocenters. The van der Waals surface area contributed by atoms with Crippen molar-refractivity contribution in [1.29, 1.82) is 0 Å². The number of anilines is 1. The van der Waals surface area contributed by atoms with Gasteiger partial charge < -0.3 is 15.5 Å². The fourth-order valence-corrected chi connectivity index (χ4v) is 3.26. The van der Waals surface area contributed by atoms with Crippen LogP contribution in [0.2, 0.25) is 0 Å². The van der Waals surface area contributed by atoms with Crippen LogP contribution in [0.3, 0.4) is 0 Å². The van der Waals surface area contributed by atoms with E-state index in [1.54, 1.807) is 23.7 Å². The highest BCUT2D eigenvalue weighted by Gasteiger charge is 2.17. The molecule has 0 bridgehead atoms. The number of nitrogens with two attached hydrogens (primary N) is 1. The Bertz CT molecular complexity index is 1070. The molecule has 0 aliphatic carbocycles. The van der Waals surface area contributed by atoms with E-state index in [9.17, 15) is 4.79 Å². The number of fused-ring (bicyclic) bond motifs is 1. The van der Waals surface area contributed by atoms with E-state index in [2.05, 4.69) is 19.9 Å². The van der Waals surface area contributed by atoms with Gasteiger partial charge in [-0.2, -0.15) is 0 Å². The Morgan fingerprint density at radius 1 is 1.24 bits per heavy atom. The van der Waals surface area contributed by atoms with Crippen molar-refractivity contribution in [2.24, 2.45) is 0 Å². The van der Waals surface area contributed by atoms with Crippen LogP contribution in [0.15, 0.2) is 42.2 Å². The number of ether oxygens (including phenoxy) is 1. The Morgan fingerprint density at radius 2 is 2.12 bits per heavy atom. The lowest BCUT2D eigenvalue weighted by Gasteiger charge is -2.01. The number of aromatic nitrogens is 4. The summed E-state index contributed by atoms with van der Waals surface area (Å²) in [4.78, 5) is 27.9. The summed E-state index contributed by atoms with van der Waals surface area (Å²) in [7, 11) is 1.33. The monoisotopic (exact) mass is 351 g/mol. The minimum atomic E-state index is -0.465. The zero-order valence-electron chi connectivity index (χ0n) is 13.2. The second-order valence-corrected chi connectivity index (χ2v) is 6.18. The van der Waals surface area contributed by atoms with Crippen molar-refractivity contribution < 1.29 is 9.53 Å². The lowest BCUT2D eigenvalue weighted by molar-refractivity contribution is 0.0602. The topological polar surface area (TPSA) is 107 Å². The van der Waals surface area contributed by atoms with E-state index in [-0.39, 0.29) is 0 Å². The second-order valence-electron chi connectivity index (χ2n) is 5.29. The number of aromatic amines is 1. The summed E-state index contributed by atoms with van der Waals surface area (Å²) in [5, 5.41) is 3.49. The molecule has 25 heavy (non-hydrogen) atoms. The number of carbonyl (C=O) groups excluding carboxylic acids is 1. The Balaban J connectivity index is 1.87. The summed E-state index contributed by atoms with van der Waals surface area (Å²) in [5.41, 5.74) is 9.30. The van der Waals surface area contributed by atoms with Crippen LogP contribution in [-0.2, 0) is 4.74 Å². The lowest BCUT2D eigenvalue weighted by Crippen LogP contribution is -2.03. The van der Waals surface area contributed by atoms with Gasteiger partial charge in [0.2, 0.25) is 0 Å². The van der Waals surface area contributed by atoms with E-state index in [4.69, 9.17) is 10.5 Å². The fraction of sp³-hybridized carbons (Fsp3) is 0.0588. The Hall–Kier alpha value is -3.26. The van der Waals surface area contributed by atoms with Crippen molar-refractivity contribution in [1.82, 2.24) is 19.9 Å². The van der Waals surface area contributed by atoms with Crippen molar-refractivity contribution in [3.05, 3.63) is 47.7 Å². The minimum absolute atomic E-state index is 0.310. The third-order valence-electron chi connectivity index (χ3n) is 3.82. The van der Waals surface area contributed by atoms with Crippen molar-refractivity contribution >= 4 is 34.0 Å². The first-order chi connectivity index (χ1) is 12.2. The van der Waals surface area contributed by atoms with Crippen LogP contribution in [0.25, 0.3) is 32.9 Å². The van der Waals surface area contributed by atoms with E-state index in [0.29, 0.717) is 22.3 Å².